The van der Waals surface area contributed by atoms with Crippen LogP contribution in [0.25, 0.3) is 0 Å². The first-order valence-corrected chi connectivity index (χ1v) is 6.13. The van der Waals surface area contributed by atoms with Gasteiger partial charge in [0.05, 0.1) is 17.7 Å². The predicted octanol–water partition coefficient (Wildman–Crippen LogP) is 3.40. The summed E-state index contributed by atoms with van der Waals surface area (Å²) in [4.78, 5) is 21.4. The Kier molecular flexibility index (Phi) is 4.69. The van der Waals surface area contributed by atoms with Crippen molar-refractivity contribution in [3.8, 4) is 5.75 Å². The fraction of sp³-hybridized carbons (Fsp3) is 0.462. The van der Waals surface area contributed by atoms with Crippen molar-refractivity contribution < 1.29 is 27.6 Å². The number of nitrogens with one attached hydrogen (secondary N) is 1. The van der Waals surface area contributed by atoms with E-state index in [-0.39, 0.29) is 0 Å². The lowest BCUT2D eigenvalue weighted by Gasteiger charge is -2.21. The van der Waals surface area contributed by atoms with E-state index in [0.29, 0.717) is 5.56 Å². The second-order valence-electron chi connectivity index (χ2n) is 5.54. The number of rotatable bonds is 3. The maximum absolute atomic E-state index is 12.4. The van der Waals surface area contributed by atoms with Crippen molar-refractivity contribution in [2.75, 3.05) is 12.4 Å². The van der Waals surface area contributed by atoms with Crippen molar-refractivity contribution in [2.45, 2.75) is 32.4 Å². The van der Waals surface area contributed by atoms with E-state index in [0.717, 1.165) is 7.11 Å². The van der Waals surface area contributed by atoms with Crippen molar-refractivity contribution in [1.29, 1.82) is 0 Å². The van der Waals surface area contributed by atoms with Gasteiger partial charge in [-0.25, -0.2) is 0 Å². The van der Waals surface area contributed by atoms with Crippen LogP contribution in [0.4, 0.5) is 24.5 Å². The Labute approximate surface area is 124 Å². The lowest BCUT2D eigenvalue weighted by molar-refractivity contribution is -0.385. The maximum atomic E-state index is 12.4. The van der Waals surface area contributed by atoms with Crippen molar-refractivity contribution in [3.63, 3.8) is 0 Å². The summed E-state index contributed by atoms with van der Waals surface area (Å²) in [6.45, 7) is 5.19. The van der Waals surface area contributed by atoms with Gasteiger partial charge in [0.25, 0.3) is 0 Å². The van der Waals surface area contributed by atoms with Crippen molar-refractivity contribution in [1.82, 2.24) is 0 Å². The summed E-state index contributed by atoms with van der Waals surface area (Å²) in [5.41, 5.74) is -1.11. The number of anilines is 1. The average molecular weight is 320 g/mol. The van der Waals surface area contributed by atoms with Crippen LogP contribution in [0.3, 0.4) is 0 Å². The zero-order valence-corrected chi connectivity index (χ0v) is 12.4. The summed E-state index contributed by atoms with van der Waals surface area (Å²) in [7, 11) is 1.07. The van der Waals surface area contributed by atoms with E-state index in [1.165, 1.54) is 12.1 Å². The molecule has 0 saturated carbocycles. The molecule has 0 unspecified atom stereocenters. The molecule has 0 atom stereocenters. The van der Waals surface area contributed by atoms with Crippen LogP contribution in [0.1, 0.15) is 26.3 Å². The van der Waals surface area contributed by atoms with Crippen LogP contribution in [-0.4, -0.2) is 24.1 Å². The Balaban J connectivity index is 3.50. The van der Waals surface area contributed by atoms with Gasteiger partial charge >= 0.3 is 17.8 Å². The quantitative estimate of drug-likeness (QED) is 0.683. The number of methoxy groups -OCH3 is 1. The van der Waals surface area contributed by atoms with Gasteiger partial charge < -0.3 is 10.1 Å². The molecule has 0 heterocycles. The molecule has 0 bridgehead atoms. The minimum absolute atomic E-state index is 0.387. The molecule has 22 heavy (non-hydrogen) atoms. The van der Waals surface area contributed by atoms with Crippen LogP contribution in [0.5, 0.6) is 5.75 Å². The number of amides is 1. The van der Waals surface area contributed by atoms with Crippen molar-refractivity contribution in [3.05, 3.63) is 27.8 Å². The van der Waals surface area contributed by atoms with Crippen LogP contribution >= 0.6 is 0 Å². The largest absolute Gasteiger partial charge is 0.489 e. The number of alkyl halides is 3. The first-order valence-electron chi connectivity index (χ1n) is 6.13. The van der Waals surface area contributed by atoms with Gasteiger partial charge in [-0.3, -0.25) is 14.9 Å². The number of carbonyl (C=O) groups excluding carboxylic acids is 1. The lowest BCUT2D eigenvalue weighted by atomic mass is 9.86. The number of hydrogen-bond acceptors (Lipinski definition) is 4. The molecule has 1 N–H and O–H groups in total. The molecule has 0 aliphatic heterocycles. The molecule has 1 aromatic rings. The molecule has 1 rings (SSSR count). The van der Waals surface area contributed by atoms with Crippen LogP contribution in [0, 0.1) is 10.1 Å². The number of nitro groups is 1. The molecule has 9 heteroatoms. The van der Waals surface area contributed by atoms with Gasteiger partial charge in [-0.05, 0) is 17.0 Å². The highest BCUT2D eigenvalue weighted by Crippen LogP contribution is 2.40. The van der Waals surface area contributed by atoms with E-state index in [9.17, 15) is 28.1 Å². The summed E-state index contributed by atoms with van der Waals surface area (Å²) < 4.78 is 41.9. The lowest BCUT2D eigenvalue weighted by Crippen LogP contribution is -2.30. The third kappa shape index (κ3) is 3.86. The standard InChI is InChI=1S/C13H15F3N2O4/c1-12(2,3)7-5-8(17-11(19)13(14,15)16)10(22-4)9(6-7)18(20)21/h5-6H,1-4H3,(H,17,19). The number of nitro benzene ring substituents is 1. The SMILES string of the molecule is COc1c(NC(=O)C(F)(F)F)cc(C(C)(C)C)cc1[N+](=O)[O-]. The molecule has 0 aromatic heterocycles. The zero-order chi connectivity index (χ0) is 17.3. The molecule has 0 spiro atoms. The molecule has 6 nitrogen and oxygen atoms in total. The summed E-state index contributed by atoms with van der Waals surface area (Å²) in [6.07, 6.45) is -5.11. The Morgan fingerprint density at radius 3 is 2.18 bits per heavy atom. The molecule has 0 fully saturated rings. The number of carbonyl (C=O) groups is 1. The monoisotopic (exact) mass is 320 g/mol. The molecule has 122 valence electrons. The minimum Gasteiger partial charge on any atom is -0.489 e. The number of hydrogen-bond donors (Lipinski definition) is 1. The van der Waals surface area contributed by atoms with Gasteiger partial charge in [-0.2, -0.15) is 13.2 Å². The van der Waals surface area contributed by atoms with Crippen molar-refractivity contribution in [2.24, 2.45) is 0 Å². The average Bonchev–Trinajstić information content (AvgIpc) is 2.35. The first-order chi connectivity index (χ1) is 9.87. The Bertz CT molecular complexity index is 607. The Hall–Kier alpha value is -2.32. The smallest absolute Gasteiger partial charge is 0.471 e. The van der Waals surface area contributed by atoms with Crippen LogP contribution in [0.2, 0.25) is 0 Å². The molecule has 0 saturated heterocycles. The number of ether oxygens (including phenoxy) is 1. The number of halogens is 3. The van der Waals surface area contributed by atoms with E-state index < -0.39 is 39.5 Å². The van der Waals surface area contributed by atoms with Gasteiger partial charge in [0.2, 0.25) is 5.75 Å². The van der Waals surface area contributed by atoms with Crippen LogP contribution in [-0.2, 0) is 10.2 Å². The van der Waals surface area contributed by atoms with Crippen molar-refractivity contribution >= 4 is 17.3 Å². The van der Waals surface area contributed by atoms with E-state index in [1.54, 1.807) is 26.1 Å². The molecular formula is C13H15F3N2O4. The van der Waals surface area contributed by atoms with Crippen LogP contribution in [0.15, 0.2) is 12.1 Å². The molecular weight excluding hydrogens is 305 g/mol. The highest BCUT2D eigenvalue weighted by atomic mass is 19.4. The Morgan fingerprint density at radius 1 is 1.27 bits per heavy atom. The van der Waals surface area contributed by atoms with E-state index >= 15 is 0 Å². The summed E-state index contributed by atoms with van der Waals surface area (Å²) in [5, 5.41) is 12.7. The third-order valence-corrected chi connectivity index (χ3v) is 2.84. The molecule has 1 amide bonds. The fourth-order valence-corrected chi connectivity index (χ4v) is 1.68. The van der Waals surface area contributed by atoms with Gasteiger partial charge in [0.1, 0.15) is 0 Å². The second kappa shape index (κ2) is 5.82. The normalized spacial score (nSPS) is 12.0. The van der Waals surface area contributed by atoms with E-state index in [2.05, 4.69) is 0 Å². The van der Waals surface area contributed by atoms with Crippen LogP contribution < -0.4 is 10.1 Å². The number of benzene rings is 1. The summed E-state index contributed by atoms with van der Waals surface area (Å²) >= 11 is 0. The molecule has 0 aliphatic rings. The van der Waals surface area contributed by atoms with Gasteiger partial charge in [-0.1, -0.05) is 20.8 Å². The topological polar surface area (TPSA) is 81.5 Å². The number of nitrogens with zero attached hydrogens (tertiary/aromatic N) is 1. The maximum Gasteiger partial charge on any atom is 0.471 e. The fourth-order valence-electron chi connectivity index (χ4n) is 1.68. The van der Waals surface area contributed by atoms with Gasteiger partial charge in [0, 0.05) is 6.07 Å². The molecule has 0 aliphatic carbocycles. The molecule has 0 radical (unpaired) electrons. The Morgan fingerprint density at radius 2 is 1.82 bits per heavy atom. The minimum atomic E-state index is -5.11. The van der Waals surface area contributed by atoms with Gasteiger partial charge in [-0.15, -0.1) is 0 Å². The highest BCUT2D eigenvalue weighted by molar-refractivity contribution is 5.97. The second-order valence-corrected chi connectivity index (χ2v) is 5.54. The first kappa shape index (κ1) is 17.7. The summed E-state index contributed by atoms with van der Waals surface area (Å²) in [6, 6.07) is 2.44. The molecule has 1 aromatic carbocycles. The van der Waals surface area contributed by atoms with E-state index in [1.807, 2.05) is 0 Å². The van der Waals surface area contributed by atoms with Gasteiger partial charge in [0.15, 0.2) is 0 Å². The highest BCUT2D eigenvalue weighted by Gasteiger charge is 2.40. The predicted molar refractivity (Wildman–Crippen MR) is 73.0 cm³/mol. The zero-order valence-electron chi connectivity index (χ0n) is 12.4. The summed E-state index contributed by atoms with van der Waals surface area (Å²) in [5.74, 6) is -2.67. The van der Waals surface area contributed by atoms with E-state index in [4.69, 9.17) is 4.74 Å². The third-order valence-electron chi connectivity index (χ3n) is 2.84.